The Bertz CT molecular complexity index is 255. The van der Waals surface area contributed by atoms with Crippen LogP contribution in [-0.4, -0.2) is 27.9 Å². The minimum atomic E-state index is 0.727. The first-order chi connectivity index (χ1) is 6.25. The zero-order valence-electron chi connectivity index (χ0n) is 8.25. The van der Waals surface area contributed by atoms with E-state index in [-0.39, 0.29) is 0 Å². The second-order valence-electron chi connectivity index (χ2n) is 3.04. The Morgan fingerprint density at radius 1 is 1.46 bits per heavy atom. The van der Waals surface area contributed by atoms with Gasteiger partial charge in [-0.3, -0.25) is 0 Å². The van der Waals surface area contributed by atoms with Crippen molar-refractivity contribution in [2.45, 2.75) is 19.9 Å². The first kappa shape index (κ1) is 10.1. The molecule has 13 heavy (non-hydrogen) atoms. The highest BCUT2D eigenvalue weighted by atomic mass is 15.3. The first-order valence-electron chi connectivity index (χ1n) is 4.51. The molecule has 5 heteroatoms. The molecule has 0 fully saturated rings. The number of aryl methyl sites for hydroxylation is 1. The van der Waals surface area contributed by atoms with Gasteiger partial charge in [0.15, 0.2) is 0 Å². The number of nitrogens with one attached hydrogen (secondary N) is 1. The van der Waals surface area contributed by atoms with Crippen molar-refractivity contribution in [2.24, 2.45) is 12.8 Å². The van der Waals surface area contributed by atoms with Crippen LogP contribution in [0.4, 0.5) is 0 Å². The highest BCUT2D eigenvalue weighted by Gasteiger charge is 2.02. The third-order valence-corrected chi connectivity index (χ3v) is 2.02. The van der Waals surface area contributed by atoms with E-state index in [0.29, 0.717) is 0 Å². The van der Waals surface area contributed by atoms with E-state index >= 15 is 0 Å². The largest absolute Gasteiger partial charge is 0.330 e. The van der Waals surface area contributed by atoms with Crippen molar-refractivity contribution in [1.82, 2.24) is 20.1 Å². The molecule has 1 aromatic heterocycles. The van der Waals surface area contributed by atoms with E-state index in [4.69, 9.17) is 5.73 Å². The monoisotopic (exact) mass is 183 g/mol. The van der Waals surface area contributed by atoms with Gasteiger partial charge in [-0.25, -0.2) is 0 Å². The van der Waals surface area contributed by atoms with Gasteiger partial charge in [0, 0.05) is 7.05 Å². The fraction of sp³-hybridized carbons (Fsp3) is 0.750. The van der Waals surface area contributed by atoms with Gasteiger partial charge >= 0.3 is 0 Å². The Morgan fingerprint density at radius 3 is 2.77 bits per heavy atom. The molecule has 1 heterocycles. The summed E-state index contributed by atoms with van der Waals surface area (Å²) in [5, 5.41) is 11.2. The Hall–Kier alpha value is -0.940. The van der Waals surface area contributed by atoms with Gasteiger partial charge in [0.1, 0.15) is 11.6 Å². The third-order valence-electron chi connectivity index (χ3n) is 2.02. The molecule has 1 rings (SSSR count). The number of nitrogens with zero attached hydrogens (tertiary/aromatic N) is 3. The molecule has 1 aromatic rings. The van der Waals surface area contributed by atoms with Crippen molar-refractivity contribution < 1.29 is 0 Å². The molecule has 5 nitrogen and oxygen atoms in total. The van der Waals surface area contributed by atoms with Crippen LogP contribution in [-0.2, 0) is 13.6 Å². The van der Waals surface area contributed by atoms with Crippen molar-refractivity contribution in [3.8, 4) is 0 Å². The Balaban J connectivity index is 2.32. The van der Waals surface area contributed by atoms with Gasteiger partial charge in [-0.05, 0) is 26.4 Å². The standard InChI is InChI=1S/C8H17N5/c1-7-11-12-8(13(7)2)6-10-5-3-4-9/h10H,3-6,9H2,1-2H3. The van der Waals surface area contributed by atoms with Gasteiger partial charge in [-0.1, -0.05) is 0 Å². The lowest BCUT2D eigenvalue weighted by Gasteiger charge is -2.03. The summed E-state index contributed by atoms with van der Waals surface area (Å²) in [5.41, 5.74) is 5.37. The summed E-state index contributed by atoms with van der Waals surface area (Å²) in [7, 11) is 1.97. The number of aromatic nitrogens is 3. The summed E-state index contributed by atoms with van der Waals surface area (Å²) in [5.74, 6) is 1.91. The zero-order chi connectivity index (χ0) is 9.68. The van der Waals surface area contributed by atoms with Crippen LogP contribution >= 0.6 is 0 Å². The fourth-order valence-corrected chi connectivity index (χ4v) is 1.03. The van der Waals surface area contributed by atoms with E-state index < -0.39 is 0 Å². The molecule has 0 unspecified atom stereocenters. The molecular formula is C8H17N5. The molecule has 0 saturated carbocycles. The molecule has 3 N–H and O–H groups in total. The van der Waals surface area contributed by atoms with Gasteiger partial charge in [0.25, 0.3) is 0 Å². The third kappa shape index (κ3) is 2.78. The van der Waals surface area contributed by atoms with Crippen LogP contribution in [0.25, 0.3) is 0 Å². The summed E-state index contributed by atoms with van der Waals surface area (Å²) < 4.78 is 1.98. The van der Waals surface area contributed by atoms with Gasteiger partial charge in [-0.15, -0.1) is 10.2 Å². The minimum Gasteiger partial charge on any atom is -0.330 e. The SMILES string of the molecule is Cc1nnc(CNCCCN)n1C. The molecule has 0 aliphatic carbocycles. The van der Waals surface area contributed by atoms with Crippen molar-refractivity contribution in [2.75, 3.05) is 13.1 Å². The average molecular weight is 183 g/mol. The van der Waals surface area contributed by atoms with Gasteiger partial charge in [0.05, 0.1) is 6.54 Å². The number of nitrogens with two attached hydrogens (primary N) is 1. The van der Waals surface area contributed by atoms with Crippen molar-refractivity contribution in [1.29, 1.82) is 0 Å². The topological polar surface area (TPSA) is 68.8 Å². The highest BCUT2D eigenvalue weighted by molar-refractivity contribution is 4.91. The summed E-state index contributed by atoms with van der Waals surface area (Å²) in [4.78, 5) is 0. The van der Waals surface area contributed by atoms with Crippen molar-refractivity contribution >= 4 is 0 Å². The van der Waals surface area contributed by atoms with E-state index in [1.165, 1.54) is 0 Å². The lowest BCUT2D eigenvalue weighted by atomic mass is 10.4. The Labute approximate surface area is 78.3 Å². The van der Waals surface area contributed by atoms with Gasteiger partial charge < -0.3 is 15.6 Å². The predicted molar refractivity (Wildman–Crippen MR) is 51.1 cm³/mol. The second-order valence-corrected chi connectivity index (χ2v) is 3.04. The quantitative estimate of drug-likeness (QED) is 0.607. The highest BCUT2D eigenvalue weighted by Crippen LogP contribution is 1.95. The van der Waals surface area contributed by atoms with Crippen LogP contribution in [0.5, 0.6) is 0 Å². The van der Waals surface area contributed by atoms with E-state index in [1.807, 2.05) is 18.5 Å². The van der Waals surface area contributed by atoms with Gasteiger partial charge in [-0.2, -0.15) is 0 Å². The zero-order valence-corrected chi connectivity index (χ0v) is 8.25. The molecular weight excluding hydrogens is 166 g/mol. The summed E-state index contributed by atoms with van der Waals surface area (Å²) in [6.07, 6.45) is 0.997. The molecule has 0 aliphatic heterocycles. The van der Waals surface area contributed by atoms with Crippen LogP contribution in [0.3, 0.4) is 0 Å². The van der Waals surface area contributed by atoms with E-state index in [0.717, 1.165) is 37.7 Å². The average Bonchev–Trinajstić information content (AvgIpc) is 2.43. The van der Waals surface area contributed by atoms with E-state index in [2.05, 4.69) is 15.5 Å². The number of rotatable bonds is 5. The molecule has 0 aliphatic rings. The molecule has 0 atom stereocenters. The molecule has 0 radical (unpaired) electrons. The predicted octanol–water partition coefficient (Wildman–Crippen LogP) is -0.438. The van der Waals surface area contributed by atoms with Crippen molar-refractivity contribution in [3.05, 3.63) is 11.6 Å². The summed E-state index contributed by atoms with van der Waals surface area (Å²) in [6, 6.07) is 0. The Kier molecular flexibility index (Phi) is 3.85. The fourth-order valence-electron chi connectivity index (χ4n) is 1.03. The maximum Gasteiger partial charge on any atom is 0.146 e. The molecule has 0 saturated heterocycles. The number of hydrogen-bond acceptors (Lipinski definition) is 4. The van der Waals surface area contributed by atoms with Gasteiger partial charge in [0.2, 0.25) is 0 Å². The minimum absolute atomic E-state index is 0.727. The van der Waals surface area contributed by atoms with Crippen molar-refractivity contribution in [3.63, 3.8) is 0 Å². The maximum atomic E-state index is 5.37. The molecule has 0 aromatic carbocycles. The van der Waals surface area contributed by atoms with Crippen LogP contribution in [0.2, 0.25) is 0 Å². The second kappa shape index (κ2) is 4.94. The van der Waals surface area contributed by atoms with Crippen LogP contribution in [0.15, 0.2) is 0 Å². The number of hydrogen-bond donors (Lipinski definition) is 2. The molecule has 74 valence electrons. The Morgan fingerprint density at radius 2 is 2.23 bits per heavy atom. The first-order valence-corrected chi connectivity index (χ1v) is 4.51. The lowest BCUT2D eigenvalue weighted by Crippen LogP contribution is -2.19. The molecule has 0 bridgehead atoms. The van der Waals surface area contributed by atoms with Crippen LogP contribution in [0.1, 0.15) is 18.1 Å². The smallest absolute Gasteiger partial charge is 0.146 e. The summed E-state index contributed by atoms with van der Waals surface area (Å²) >= 11 is 0. The normalized spacial score (nSPS) is 10.7. The molecule has 0 spiro atoms. The van der Waals surface area contributed by atoms with E-state index in [1.54, 1.807) is 0 Å². The summed E-state index contributed by atoms with van der Waals surface area (Å²) in [6.45, 7) is 4.36. The maximum absolute atomic E-state index is 5.37. The van der Waals surface area contributed by atoms with Crippen LogP contribution < -0.4 is 11.1 Å². The van der Waals surface area contributed by atoms with Crippen LogP contribution in [0, 0.1) is 6.92 Å². The van der Waals surface area contributed by atoms with E-state index in [9.17, 15) is 0 Å². The lowest BCUT2D eigenvalue weighted by molar-refractivity contribution is 0.615. The molecule has 0 amide bonds.